The highest BCUT2D eigenvalue weighted by atomic mass is 19.1. The van der Waals surface area contributed by atoms with Gasteiger partial charge in [-0.2, -0.15) is 0 Å². The summed E-state index contributed by atoms with van der Waals surface area (Å²) in [7, 11) is 1.42. The highest BCUT2D eigenvalue weighted by molar-refractivity contribution is 6.09. The van der Waals surface area contributed by atoms with E-state index in [1.165, 1.54) is 26.3 Å². The number of aromatic nitrogens is 3. The molecule has 0 saturated heterocycles. The fourth-order valence-corrected chi connectivity index (χ4v) is 5.10. The zero-order valence-corrected chi connectivity index (χ0v) is 22.0. The lowest BCUT2D eigenvalue weighted by Crippen LogP contribution is -2.50. The summed E-state index contributed by atoms with van der Waals surface area (Å²) in [5.74, 6) is 0.705. The highest BCUT2D eigenvalue weighted by Gasteiger charge is 2.33. The minimum atomic E-state index is -1.26. The maximum Gasteiger partial charge on any atom is 0.255 e. The first-order chi connectivity index (χ1) is 18.3. The van der Waals surface area contributed by atoms with Crippen molar-refractivity contribution in [2.24, 2.45) is 5.92 Å². The number of carbonyl (C=O) groups excluding carboxylic acids is 2. The van der Waals surface area contributed by atoms with Crippen molar-refractivity contribution >= 4 is 22.8 Å². The van der Waals surface area contributed by atoms with Crippen LogP contribution in [0.3, 0.4) is 0 Å². The molecule has 0 unspecified atom stereocenters. The molecule has 0 spiro atoms. The van der Waals surface area contributed by atoms with Crippen molar-refractivity contribution in [2.75, 3.05) is 20.3 Å². The smallest absolute Gasteiger partial charge is 0.255 e. The number of benzene rings is 1. The lowest BCUT2D eigenvalue weighted by Gasteiger charge is -2.32. The van der Waals surface area contributed by atoms with E-state index in [1.54, 1.807) is 0 Å². The Labute approximate surface area is 220 Å². The lowest BCUT2D eigenvalue weighted by molar-refractivity contribution is -0.126. The van der Waals surface area contributed by atoms with E-state index in [0.717, 1.165) is 16.9 Å². The van der Waals surface area contributed by atoms with Crippen LogP contribution in [0.4, 0.5) is 4.39 Å². The fourth-order valence-electron chi connectivity index (χ4n) is 5.10. The third-order valence-corrected chi connectivity index (χ3v) is 7.29. The number of amides is 2. The second-order valence-electron chi connectivity index (χ2n) is 10.4. The Balaban J connectivity index is 1.35. The van der Waals surface area contributed by atoms with Gasteiger partial charge in [-0.3, -0.25) is 9.59 Å². The van der Waals surface area contributed by atoms with Crippen LogP contribution in [0.1, 0.15) is 53.7 Å². The predicted octanol–water partition coefficient (Wildman–Crippen LogP) is 3.78. The van der Waals surface area contributed by atoms with Gasteiger partial charge in [0.25, 0.3) is 5.91 Å². The second-order valence-corrected chi connectivity index (χ2v) is 10.4. The zero-order valence-electron chi connectivity index (χ0n) is 22.0. The first kappa shape index (κ1) is 26.1. The van der Waals surface area contributed by atoms with Crippen molar-refractivity contribution in [2.45, 2.75) is 64.2 Å². The molecule has 10 heteroatoms. The van der Waals surface area contributed by atoms with Crippen LogP contribution in [0.2, 0.25) is 0 Å². The number of nitrogens with zero attached hydrogens (tertiary/aromatic N) is 2. The van der Waals surface area contributed by atoms with Crippen LogP contribution in [-0.2, 0) is 9.53 Å². The summed E-state index contributed by atoms with van der Waals surface area (Å²) in [5, 5.41) is 5.65. The monoisotopic (exact) mass is 523 g/mol. The number of H-pyrrole nitrogens is 1. The van der Waals surface area contributed by atoms with Gasteiger partial charge in [-0.25, -0.2) is 14.4 Å². The Bertz CT molecular complexity index is 1340. The van der Waals surface area contributed by atoms with Crippen LogP contribution in [-0.4, -0.2) is 65.3 Å². The molecule has 0 bridgehead atoms. The third kappa shape index (κ3) is 5.65. The zero-order chi connectivity index (χ0) is 26.8. The van der Waals surface area contributed by atoms with E-state index < -0.39 is 12.2 Å². The molecule has 3 atom stereocenters. The molecule has 2 amide bonds. The molecule has 3 aromatic rings. The Morgan fingerprint density at radius 1 is 1.13 bits per heavy atom. The first-order valence-electron chi connectivity index (χ1n) is 13.1. The quantitative estimate of drug-likeness (QED) is 0.393. The average Bonchev–Trinajstić information content (AvgIpc) is 3.64. The Hall–Kier alpha value is -3.53. The molecule has 1 aromatic carbocycles. The second kappa shape index (κ2) is 11.1. The summed E-state index contributed by atoms with van der Waals surface area (Å²) in [6.45, 7) is 4.40. The number of alkyl halides is 1. The molecule has 202 valence electrons. The minimum Gasteiger partial charge on any atom is -0.493 e. The summed E-state index contributed by atoms with van der Waals surface area (Å²) >= 11 is 0. The van der Waals surface area contributed by atoms with E-state index in [-0.39, 0.29) is 30.9 Å². The molecule has 2 fully saturated rings. The van der Waals surface area contributed by atoms with Gasteiger partial charge < -0.3 is 25.1 Å². The lowest BCUT2D eigenvalue weighted by atomic mass is 9.89. The van der Waals surface area contributed by atoms with Crippen LogP contribution in [0, 0.1) is 19.8 Å². The van der Waals surface area contributed by atoms with Crippen molar-refractivity contribution in [3.8, 4) is 17.0 Å². The van der Waals surface area contributed by atoms with Crippen LogP contribution >= 0.6 is 0 Å². The number of hydrogen-bond acceptors (Lipinski definition) is 6. The van der Waals surface area contributed by atoms with Gasteiger partial charge in [0.2, 0.25) is 5.91 Å². The van der Waals surface area contributed by atoms with Gasteiger partial charge in [-0.1, -0.05) is 11.6 Å². The standard InChI is InChI=1S/C28H34FN5O4/c1-15-4-9-22(38-12-17-5-6-17)19(10-15)25-27-26(31-14-30-25)24(16(2)32-27)28(36)33-18-7-8-21(20(29)11-18)34-23(35)13-37-3/h4,9-10,14,17-18,20-21,32H,5-8,11-13H2,1-3H3,(H,33,36)(H,34,35)/t18-,20-,21-/m1/s1. The van der Waals surface area contributed by atoms with Crippen molar-refractivity contribution in [1.29, 1.82) is 0 Å². The normalized spacial score (nSPS) is 21.3. The number of rotatable bonds is 9. The van der Waals surface area contributed by atoms with Gasteiger partial charge >= 0.3 is 0 Å². The number of methoxy groups -OCH3 is 1. The van der Waals surface area contributed by atoms with Gasteiger partial charge in [0.05, 0.1) is 23.7 Å². The van der Waals surface area contributed by atoms with Crippen LogP contribution in [0.15, 0.2) is 24.5 Å². The van der Waals surface area contributed by atoms with Gasteiger partial charge in [-0.15, -0.1) is 0 Å². The molecule has 5 rings (SSSR count). The molecular formula is C28H34FN5O4. The molecule has 2 saturated carbocycles. The number of halogens is 1. The van der Waals surface area contributed by atoms with E-state index in [2.05, 4.69) is 25.6 Å². The Morgan fingerprint density at radius 3 is 2.68 bits per heavy atom. The third-order valence-electron chi connectivity index (χ3n) is 7.29. The number of fused-ring (bicyclic) bond motifs is 1. The maximum atomic E-state index is 14.8. The van der Waals surface area contributed by atoms with Crippen molar-refractivity contribution in [1.82, 2.24) is 25.6 Å². The summed E-state index contributed by atoms with van der Waals surface area (Å²) < 4.78 is 25.7. The molecule has 3 N–H and O–H groups in total. The van der Waals surface area contributed by atoms with Crippen LogP contribution < -0.4 is 15.4 Å². The summed E-state index contributed by atoms with van der Waals surface area (Å²) in [4.78, 5) is 37.5. The Kier molecular flexibility index (Phi) is 7.60. The number of carbonyl (C=O) groups is 2. The molecule has 2 heterocycles. The fraction of sp³-hybridized carbons (Fsp3) is 0.500. The SMILES string of the molecule is COCC(=O)N[C@@H]1CC[C@@H](NC(=O)c2c(C)[nH]c3c(-c4cc(C)ccc4OCC4CC4)ncnc23)C[C@H]1F. The van der Waals surface area contributed by atoms with Crippen molar-refractivity contribution in [3.63, 3.8) is 0 Å². The van der Waals surface area contributed by atoms with Crippen molar-refractivity contribution in [3.05, 3.63) is 41.3 Å². The number of nitrogens with one attached hydrogen (secondary N) is 3. The molecule has 0 aliphatic heterocycles. The summed E-state index contributed by atoms with van der Waals surface area (Å²) in [6.07, 6.45) is 3.69. The van der Waals surface area contributed by atoms with E-state index >= 15 is 0 Å². The van der Waals surface area contributed by atoms with E-state index in [4.69, 9.17) is 9.47 Å². The molecule has 38 heavy (non-hydrogen) atoms. The van der Waals surface area contributed by atoms with E-state index in [0.29, 0.717) is 53.4 Å². The van der Waals surface area contributed by atoms with Crippen molar-refractivity contribution < 1.29 is 23.5 Å². The molecule has 2 aliphatic carbocycles. The van der Waals surface area contributed by atoms with Gasteiger partial charge in [-0.05, 0) is 57.6 Å². The molecule has 9 nitrogen and oxygen atoms in total. The molecule has 2 aromatic heterocycles. The Morgan fingerprint density at radius 2 is 1.95 bits per heavy atom. The highest BCUT2D eigenvalue weighted by Crippen LogP contribution is 2.37. The molecular weight excluding hydrogens is 489 g/mol. The van der Waals surface area contributed by atoms with Gasteiger partial charge in [0.15, 0.2) is 0 Å². The van der Waals surface area contributed by atoms with E-state index in [1.807, 2.05) is 32.0 Å². The van der Waals surface area contributed by atoms with Gasteiger partial charge in [0, 0.05) is 30.8 Å². The minimum absolute atomic E-state index is 0.107. The van der Waals surface area contributed by atoms with E-state index in [9.17, 15) is 14.0 Å². The topological polar surface area (TPSA) is 118 Å². The predicted molar refractivity (Wildman–Crippen MR) is 141 cm³/mol. The number of ether oxygens (including phenoxy) is 2. The summed E-state index contributed by atoms with van der Waals surface area (Å²) in [5.41, 5.74) is 4.83. The van der Waals surface area contributed by atoms with Gasteiger partial charge in [0.1, 0.15) is 36.1 Å². The number of hydrogen-bond donors (Lipinski definition) is 3. The largest absolute Gasteiger partial charge is 0.493 e. The molecule has 2 aliphatic rings. The van der Waals surface area contributed by atoms with Crippen LogP contribution in [0.5, 0.6) is 5.75 Å². The average molecular weight is 524 g/mol. The van der Waals surface area contributed by atoms with Crippen LogP contribution in [0.25, 0.3) is 22.3 Å². The summed E-state index contributed by atoms with van der Waals surface area (Å²) in [6, 6.07) is 5.08. The molecule has 0 radical (unpaired) electrons. The first-order valence-corrected chi connectivity index (χ1v) is 13.1. The number of aromatic amines is 1. The number of aryl methyl sites for hydroxylation is 2. The maximum absolute atomic E-state index is 14.8.